The molecule has 2 aromatic rings. The summed E-state index contributed by atoms with van der Waals surface area (Å²) in [6.07, 6.45) is 0.312. The van der Waals surface area contributed by atoms with Gasteiger partial charge in [0.2, 0.25) is 5.91 Å². The lowest BCUT2D eigenvalue weighted by Crippen LogP contribution is -2.53. The van der Waals surface area contributed by atoms with Gasteiger partial charge in [0.1, 0.15) is 0 Å². The number of carbonyl (C=O) groups excluding carboxylic acids is 1. The van der Waals surface area contributed by atoms with Crippen LogP contribution in [0, 0.1) is 6.92 Å². The van der Waals surface area contributed by atoms with Gasteiger partial charge in [-0.15, -0.1) is 5.10 Å². The molecule has 1 amide bonds. The smallest absolute Gasteiger partial charge is 0.229 e. The summed E-state index contributed by atoms with van der Waals surface area (Å²) in [5.74, 6) is 0.133. The van der Waals surface area contributed by atoms with Crippen molar-refractivity contribution in [3.63, 3.8) is 0 Å². The second-order valence-electron chi connectivity index (χ2n) is 6.24. The van der Waals surface area contributed by atoms with Crippen LogP contribution in [0.3, 0.4) is 0 Å². The number of nitrogens with zero attached hydrogens (tertiary/aromatic N) is 5. The molecule has 1 aliphatic heterocycles. The van der Waals surface area contributed by atoms with E-state index >= 15 is 0 Å². The molecule has 1 saturated heterocycles. The van der Waals surface area contributed by atoms with E-state index in [0.29, 0.717) is 6.42 Å². The average Bonchev–Trinajstić information content (AvgIpc) is 2.89. The molecule has 3 rings (SSSR count). The minimum Gasteiger partial charge on any atom is -0.337 e. The molecule has 122 valence electrons. The zero-order valence-corrected chi connectivity index (χ0v) is 13.9. The van der Waals surface area contributed by atoms with Gasteiger partial charge in [0.15, 0.2) is 0 Å². The van der Waals surface area contributed by atoms with Gasteiger partial charge >= 0.3 is 0 Å². The largest absolute Gasteiger partial charge is 0.337 e. The van der Waals surface area contributed by atoms with Gasteiger partial charge in [-0.25, -0.2) is 4.68 Å². The maximum atomic E-state index is 12.6. The van der Waals surface area contributed by atoms with Crippen molar-refractivity contribution in [2.24, 2.45) is 0 Å². The van der Waals surface area contributed by atoms with Crippen LogP contribution >= 0.6 is 0 Å². The van der Waals surface area contributed by atoms with Gasteiger partial charge in [-0.1, -0.05) is 23.4 Å². The van der Waals surface area contributed by atoms with Crippen molar-refractivity contribution in [1.82, 2.24) is 24.8 Å². The molecular weight excluding hydrogens is 290 g/mol. The Morgan fingerprint density at radius 1 is 1.26 bits per heavy atom. The van der Waals surface area contributed by atoms with Gasteiger partial charge in [0, 0.05) is 25.7 Å². The number of hydrogen-bond donors (Lipinski definition) is 0. The second kappa shape index (κ2) is 6.50. The van der Waals surface area contributed by atoms with Crippen LogP contribution in [0.15, 0.2) is 30.3 Å². The Morgan fingerprint density at radius 3 is 2.70 bits per heavy atom. The molecule has 0 saturated carbocycles. The van der Waals surface area contributed by atoms with Crippen LogP contribution in [0.4, 0.5) is 0 Å². The predicted molar refractivity (Wildman–Crippen MR) is 88.5 cm³/mol. The highest BCUT2D eigenvalue weighted by molar-refractivity contribution is 5.79. The quantitative estimate of drug-likeness (QED) is 0.856. The normalized spacial score (nSPS) is 19.1. The molecule has 0 aliphatic carbocycles. The van der Waals surface area contributed by atoms with Crippen LogP contribution in [-0.4, -0.2) is 63.4 Å². The summed E-state index contributed by atoms with van der Waals surface area (Å²) in [6.45, 7) is 6.68. The molecule has 2 heterocycles. The molecule has 6 heteroatoms. The highest BCUT2D eigenvalue weighted by Crippen LogP contribution is 2.15. The van der Waals surface area contributed by atoms with E-state index in [9.17, 15) is 4.79 Å². The first kappa shape index (κ1) is 15.7. The van der Waals surface area contributed by atoms with Gasteiger partial charge in [0.25, 0.3) is 0 Å². The third kappa shape index (κ3) is 3.27. The minimum absolute atomic E-state index is 0.133. The lowest BCUT2D eigenvalue weighted by atomic mass is 10.1. The summed E-state index contributed by atoms with van der Waals surface area (Å²) < 4.78 is 1.79. The zero-order chi connectivity index (χ0) is 16.4. The number of amides is 1. The Bertz CT molecular complexity index is 682. The Morgan fingerprint density at radius 2 is 2.00 bits per heavy atom. The highest BCUT2D eigenvalue weighted by atomic mass is 16.2. The van der Waals surface area contributed by atoms with Crippen LogP contribution in [0.2, 0.25) is 0 Å². The number of hydrogen-bond acceptors (Lipinski definition) is 4. The molecule has 1 aromatic heterocycles. The summed E-state index contributed by atoms with van der Waals surface area (Å²) in [4.78, 5) is 16.8. The molecule has 1 fully saturated rings. The molecule has 6 nitrogen and oxygen atoms in total. The second-order valence-corrected chi connectivity index (χ2v) is 6.24. The van der Waals surface area contributed by atoms with Crippen molar-refractivity contribution >= 4 is 5.91 Å². The monoisotopic (exact) mass is 313 g/mol. The third-order valence-electron chi connectivity index (χ3n) is 4.46. The van der Waals surface area contributed by atoms with Gasteiger partial charge in [-0.2, -0.15) is 0 Å². The van der Waals surface area contributed by atoms with Crippen LogP contribution in [0.5, 0.6) is 0 Å². The summed E-state index contributed by atoms with van der Waals surface area (Å²) in [5.41, 5.74) is 2.64. The maximum absolute atomic E-state index is 12.6. The fourth-order valence-corrected chi connectivity index (χ4v) is 3.09. The molecule has 1 atom stereocenters. The first-order valence-electron chi connectivity index (χ1n) is 8.01. The SMILES string of the molecule is Cc1c(CC(=O)N2CCN(C)C[C@@H]2C)nnn1-c1ccccc1. The Labute approximate surface area is 136 Å². The highest BCUT2D eigenvalue weighted by Gasteiger charge is 2.26. The van der Waals surface area contributed by atoms with Crippen molar-refractivity contribution in [2.75, 3.05) is 26.7 Å². The average molecular weight is 313 g/mol. The molecule has 1 aromatic carbocycles. The lowest BCUT2D eigenvalue weighted by Gasteiger charge is -2.38. The first-order valence-corrected chi connectivity index (χ1v) is 8.01. The van der Waals surface area contributed by atoms with Crippen molar-refractivity contribution in [3.05, 3.63) is 41.7 Å². The van der Waals surface area contributed by atoms with Gasteiger partial charge < -0.3 is 9.80 Å². The van der Waals surface area contributed by atoms with Gasteiger partial charge in [0.05, 0.1) is 23.5 Å². The number of carbonyl (C=O) groups is 1. The molecule has 0 bridgehead atoms. The van der Waals surface area contributed by atoms with E-state index in [2.05, 4.69) is 29.2 Å². The number of benzene rings is 1. The Kier molecular flexibility index (Phi) is 4.43. The standard InChI is InChI=1S/C17H23N5O/c1-13-12-20(3)9-10-21(13)17(23)11-16-14(2)22(19-18-16)15-7-5-4-6-8-15/h4-8,13H,9-12H2,1-3H3/t13-/m0/s1. The molecule has 0 N–H and O–H groups in total. The molecule has 0 spiro atoms. The molecule has 1 aliphatic rings. The van der Waals surface area contributed by atoms with Crippen molar-refractivity contribution in [2.45, 2.75) is 26.3 Å². The maximum Gasteiger partial charge on any atom is 0.229 e. The van der Waals surface area contributed by atoms with Crippen molar-refractivity contribution < 1.29 is 4.79 Å². The zero-order valence-electron chi connectivity index (χ0n) is 13.9. The summed E-state index contributed by atoms with van der Waals surface area (Å²) in [5, 5.41) is 8.42. The van der Waals surface area contributed by atoms with E-state index in [1.54, 1.807) is 4.68 Å². The van der Waals surface area contributed by atoms with E-state index in [1.807, 2.05) is 42.2 Å². The number of piperazine rings is 1. The lowest BCUT2D eigenvalue weighted by molar-refractivity contribution is -0.134. The molecular formula is C17H23N5O. The Hall–Kier alpha value is -2.21. The van der Waals surface area contributed by atoms with Gasteiger partial charge in [-0.05, 0) is 33.0 Å². The third-order valence-corrected chi connectivity index (χ3v) is 4.46. The first-order chi connectivity index (χ1) is 11.1. The topological polar surface area (TPSA) is 54.3 Å². The number of rotatable bonds is 3. The van der Waals surface area contributed by atoms with E-state index in [0.717, 1.165) is 36.7 Å². The van der Waals surface area contributed by atoms with Crippen LogP contribution in [0.25, 0.3) is 5.69 Å². The van der Waals surface area contributed by atoms with Gasteiger partial charge in [-0.3, -0.25) is 4.79 Å². The fourth-order valence-electron chi connectivity index (χ4n) is 3.09. The number of aromatic nitrogens is 3. The van der Waals surface area contributed by atoms with E-state index < -0.39 is 0 Å². The summed E-state index contributed by atoms with van der Waals surface area (Å²) >= 11 is 0. The molecule has 23 heavy (non-hydrogen) atoms. The summed E-state index contributed by atoms with van der Waals surface area (Å²) in [6, 6.07) is 10.1. The van der Waals surface area contributed by atoms with Crippen LogP contribution in [-0.2, 0) is 11.2 Å². The Balaban J connectivity index is 1.74. The van der Waals surface area contributed by atoms with E-state index in [4.69, 9.17) is 0 Å². The number of likely N-dealkylation sites (N-methyl/N-ethyl adjacent to an activating group) is 1. The van der Waals surface area contributed by atoms with E-state index in [-0.39, 0.29) is 11.9 Å². The minimum atomic E-state index is 0.133. The van der Waals surface area contributed by atoms with Crippen molar-refractivity contribution in [1.29, 1.82) is 0 Å². The van der Waals surface area contributed by atoms with E-state index in [1.165, 1.54) is 0 Å². The molecule has 0 unspecified atom stereocenters. The fraction of sp³-hybridized carbons (Fsp3) is 0.471. The number of para-hydroxylation sites is 1. The molecule has 0 radical (unpaired) electrons. The van der Waals surface area contributed by atoms with Crippen molar-refractivity contribution in [3.8, 4) is 5.69 Å². The predicted octanol–water partition coefficient (Wildman–Crippen LogP) is 1.28. The summed E-state index contributed by atoms with van der Waals surface area (Å²) in [7, 11) is 2.09. The van der Waals surface area contributed by atoms with Crippen LogP contribution in [0.1, 0.15) is 18.3 Å². The van der Waals surface area contributed by atoms with Crippen LogP contribution < -0.4 is 0 Å².